The summed E-state index contributed by atoms with van der Waals surface area (Å²) in [4.78, 5) is 9.40. The van der Waals surface area contributed by atoms with Crippen LogP contribution in [0.5, 0.6) is 0 Å². The van der Waals surface area contributed by atoms with Gasteiger partial charge in [0.15, 0.2) is 0 Å². The molecule has 0 aromatic carbocycles. The minimum Gasteiger partial charge on any atom is -0.354 e. The summed E-state index contributed by atoms with van der Waals surface area (Å²) >= 11 is 0. The molecule has 1 aliphatic rings. The number of piperazine rings is 1. The van der Waals surface area contributed by atoms with E-state index in [9.17, 15) is 0 Å². The van der Waals surface area contributed by atoms with Gasteiger partial charge in [-0.15, -0.1) is 0 Å². The van der Waals surface area contributed by atoms with Crippen LogP contribution in [0.15, 0.2) is 24.4 Å². The average molecular weight is 290 g/mol. The van der Waals surface area contributed by atoms with Gasteiger partial charge in [-0.05, 0) is 37.8 Å². The van der Waals surface area contributed by atoms with Gasteiger partial charge >= 0.3 is 0 Å². The maximum absolute atomic E-state index is 6.10. The average Bonchev–Trinajstić information content (AvgIpc) is 2.53. The Labute approximate surface area is 129 Å². The van der Waals surface area contributed by atoms with Crippen LogP contribution in [0.1, 0.15) is 33.6 Å². The first kappa shape index (κ1) is 16.2. The van der Waals surface area contributed by atoms with Crippen LogP contribution >= 0.6 is 0 Å². The molecule has 1 aromatic heterocycles. The summed E-state index contributed by atoms with van der Waals surface area (Å²) in [7, 11) is 0. The van der Waals surface area contributed by atoms with Gasteiger partial charge in [-0.3, -0.25) is 4.90 Å². The Hall–Kier alpha value is -1.13. The molecule has 0 bridgehead atoms. The second-order valence-electron chi connectivity index (χ2n) is 6.80. The highest BCUT2D eigenvalue weighted by molar-refractivity contribution is 5.38. The maximum Gasteiger partial charge on any atom is 0.128 e. The van der Waals surface area contributed by atoms with Gasteiger partial charge in [-0.2, -0.15) is 0 Å². The van der Waals surface area contributed by atoms with E-state index in [0.717, 1.165) is 44.5 Å². The summed E-state index contributed by atoms with van der Waals surface area (Å²) in [6.45, 7) is 11.9. The largest absolute Gasteiger partial charge is 0.354 e. The quantitative estimate of drug-likeness (QED) is 0.873. The molecular formula is C17H30N4. The molecule has 0 aliphatic carbocycles. The number of aromatic nitrogens is 1. The molecule has 1 fully saturated rings. The third-order valence-electron chi connectivity index (χ3n) is 4.72. The Balaban J connectivity index is 1.92. The number of pyridine rings is 1. The van der Waals surface area contributed by atoms with Gasteiger partial charge in [0.25, 0.3) is 0 Å². The molecule has 0 amide bonds. The number of nitrogens with two attached hydrogens (primary N) is 1. The van der Waals surface area contributed by atoms with Gasteiger partial charge in [-0.25, -0.2) is 4.98 Å². The van der Waals surface area contributed by atoms with E-state index in [-0.39, 0.29) is 5.54 Å². The lowest BCUT2D eigenvalue weighted by Gasteiger charge is -2.46. The molecule has 1 aromatic rings. The van der Waals surface area contributed by atoms with Crippen molar-refractivity contribution in [1.29, 1.82) is 0 Å². The minimum atomic E-state index is 0.139. The van der Waals surface area contributed by atoms with Crippen molar-refractivity contribution in [2.75, 3.05) is 37.6 Å². The van der Waals surface area contributed by atoms with Crippen LogP contribution in [0.4, 0.5) is 5.82 Å². The Morgan fingerprint density at radius 3 is 2.48 bits per heavy atom. The van der Waals surface area contributed by atoms with E-state index in [1.165, 1.54) is 12.8 Å². The first-order valence-electron chi connectivity index (χ1n) is 8.16. The van der Waals surface area contributed by atoms with Gasteiger partial charge in [0, 0.05) is 44.5 Å². The van der Waals surface area contributed by atoms with Crippen LogP contribution in [0.3, 0.4) is 0 Å². The second kappa shape index (κ2) is 7.23. The van der Waals surface area contributed by atoms with Crippen LogP contribution in [-0.2, 0) is 0 Å². The first-order chi connectivity index (χ1) is 10.0. The zero-order valence-corrected chi connectivity index (χ0v) is 13.8. The van der Waals surface area contributed by atoms with E-state index in [1.807, 2.05) is 12.3 Å². The lowest BCUT2D eigenvalue weighted by Crippen LogP contribution is -2.59. The van der Waals surface area contributed by atoms with Crippen molar-refractivity contribution < 1.29 is 0 Å². The van der Waals surface area contributed by atoms with E-state index in [4.69, 9.17) is 5.73 Å². The molecule has 118 valence electrons. The third kappa shape index (κ3) is 4.17. The fourth-order valence-electron chi connectivity index (χ4n) is 3.01. The molecule has 2 N–H and O–H groups in total. The van der Waals surface area contributed by atoms with Crippen LogP contribution in [0, 0.1) is 5.92 Å². The SMILES string of the molecule is CC(C)CCC(C)(CN)N1CCN(c2ccccn2)CC1. The van der Waals surface area contributed by atoms with Crippen LogP contribution in [-0.4, -0.2) is 48.1 Å². The zero-order chi connectivity index (χ0) is 15.3. The predicted octanol–water partition coefficient (Wildman–Crippen LogP) is 2.36. The van der Waals surface area contributed by atoms with Crippen molar-refractivity contribution >= 4 is 5.82 Å². The molecule has 0 spiro atoms. The van der Waals surface area contributed by atoms with Crippen LogP contribution < -0.4 is 10.6 Å². The van der Waals surface area contributed by atoms with E-state index in [2.05, 4.69) is 47.7 Å². The number of anilines is 1. The fourth-order valence-corrected chi connectivity index (χ4v) is 3.01. The molecule has 4 nitrogen and oxygen atoms in total. The molecule has 1 unspecified atom stereocenters. The predicted molar refractivity (Wildman–Crippen MR) is 89.6 cm³/mol. The van der Waals surface area contributed by atoms with Crippen molar-refractivity contribution in [3.05, 3.63) is 24.4 Å². The second-order valence-corrected chi connectivity index (χ2v) is 6.80. The molecular weight excluding hydrogens is 260 g/mol. The topological polar surface area (TPSA) is 45.4 Å². The van der Waals surface area contributed by atoms with Gasteiger partial charge in [0.2, 0.25) is 0 Å². The fraction of sp³-hybridized carbons (Fsp3) is 0.706. The van der Waals surface area contributed by atoms with E-state index >= 15 is 0 Å². The summed E-state index contributed by atoms with van der Waals surface area (Å²) in [5.41, 5.74) is 6.24. The van der Waals surface area contributed by atoms with E-state index < -0.39 is 0 Å². The maximum atomic E-state index is 6.10. The molecule has 1 saturated heterocycles. The summed E-state index contributed by atoms with van der Waals surface area (Å²) in [6.07, 6.45) is 4.30. The number of nitrogens with zero attached hydrogens (tertiary/aromatic N) is 3. The van der Waals surface area contributed by atoms with Gasteiger partial charge in [0.05, 0.1) is 0 Å². The number of hydrogen-bond acceptors (Lipinski definition) is 4. The van der Waals surface area contributed by atoms with Crippen LogP contribution in [0.25, 0.3) is 0 Å². The number of rotatable bonds is 6. The first-order valence-corrected chi connectivity index (χ1v) is 8.16. The summed E-state index contributed by atoms with van der Waals surface area (Å²) < 4.78 is 0. The molecule has 1 atom stereocenters. The Bertz CT molecular complexity index is 412. The Morgan fingerprint density at radius 1 is 1.24 bits per heavy atom. The normalized spacial score (nSPS) is 19.8. The highest BCUT2D eigenvalue weighted by Crippen LogP contribution is 2.25. The Morgan fingerprint density at radius 2 is 1.95 bits per heavy atom. The van der Waals surface area contributed by atoms with Crippen molar-refractivity contribution in [3.8, 4) is 0 Å². The molecule has 2 rings (SSSR count). The molecule has 21 heavy (non-hydrogen) atoms. The van der Waals surface area contributed by atoms with E-state index in [1.54, 1.807) is 0 Å². The van der Waals surface area contributed by atoms with Crippen molar-refractivity contribution in [2.24, 2.45) is 11.7 Å². The lowest BCUT2D eigenvalue weighted by molar-refractivity contribution is 0.0887. The zero-order valence-electron chi connectivity index (χ0n) is 13.8. The van der Waals surface area contributed by atoms with Crippen molar-refractivity contribution in [1.82, 2.24) is 9.88 Å². The molecule has 0 saturated carbocycles. The number of hydrogen-bond donors (Lipinski definition) is 1. The van der Waals surface area contributed by atoms with Gasteiger partial charge in [0.1, 0.15) is 5.82 Å². The van der Waals surface area contributed by atoms with Gasteiger partial charge < -0.3 is 10.6 Å². The summed E-state index contributed by atoms with van der Waals surface area (Å²) in [5.74, 6) is 1.83. The monoisotopic (exact) mass is 290 g/mol. The molecule has 1 aliphatic heterocycles. The minimum absolute atomic E-state index is 0.139. The molecule has 0 radical (unpaired) electrons. The molecule has 2 heterocycles. The van der Waals surface area contributed by atoms with Gasteiger partial charge in [-0.1, -0.05) is 19.9 Å². The highest BCUT2D eigenvalue weighted by Gasteiger charge is 2.32. The Kier molecular flexibility index (Phi) is 5.59. The molecule has 4 heteroatoms. The lowest BCUT2D eigenvalue weighted by atomic mass is 9.89. The highest BCUT2D eigenvalue weighted by atomic mass is 15.3. The van der Waals surface area contributed by atoms with E-state index in [0.29, 0.717) is 0 Å². The van der Waals surface area contributed by atoms with Crippen molar-refractivity contribution in [3.63, 3.8) is 0 Å². The van der Waals surface area contributed by atoms with Crippen LogP contribution in [0.2, 0.25) is 0 Å². The summed E-state index contributed by atoms with van der Waals surface area (Å²) in [5, 5.41) is 0. The standard InChI is InChI=1S/C17H30N4/c1-15(2)7-8-17(3,14-18)21-12-10-20(11-13-21)16-6-4-5-9-19-16/h4-6,9,15H,7-8,10-14,18H2,1-3H3. The smallest absolute Gasteiger partial charge is 0.128 e. The van der Waals surface area contributed by atoms with Crippen molar-refractivity contribution in [2.45, 2.75) is 39.2 Å². The summed E-state index contributed by atoms with van der Waals surface area (Å²) in [6, 6.07) is 6.12. The third-order valence-corrected chi connectivity index (χ3v) is 4.72.